The fourth-order valence-corrected chi connectivity index (χ4v) is 3.13. The first kappa shape index (κ1) is 12.4. The molecule has 3 rings (SSSR count). The monoisotopic (exact) mass is 277 g/mol. The fraction of sp³-hybridized carbons (Fsp3) is 0.385. The van der Waals surface area contributed by atoms with Crippen molar-refractivity contribution < 1.29 is 9.53 Å². The maximum atomic E-state index is 11.8. The molecule has 0 aliphatic carbocycles. The molecule has 1 aliphatic heterocycles. The summed E-state index contributed by atoms with van der Waals surface area (Å²) < 4.78 is 8.43. The van der Waals surface area contributed by atoms with Crippen molar-refractivity contribution in [1.82, 2.24) is 9.99 Å². The van der Waals surface area contributed by atoms with Crippen molar-refractivity contribution in [3.63, 3.8) is 0 Å². The third-order valence-electron chi connectivity index (χ3n) is 3.20. The SMILES string of the molecule is Cn1/c(=N/NC(=O)C2CCCO2)sc2ccccc21. The smallest absolute Gasteiger partial charge is 0.269 e. The van der Waals surface area contributed by atoms with E-state index in [-0.39, 0.29) is 12.0 Å². The molecular weight excluding hydrogens is 262 g/mol. The molecule has 1 aliphatic rings. The number of fused-ring (bicyclic) bond motifs is 1. The van der Waals surface area contributed by atoms with Gasteiger partial charge in [-0.15, -0.1) is 5.10 Å². The molecule has 1 aromatic carbocycles. The van der Waals surface area contributed by atoms with Crippen molar-refractivity contribution in [2.45, 2.75) is 18.9 Å². The van der Waals surface area contributed by atoms with Crippen LogP contribution in [0.25, 0.3) is 10.2 Å². The predicted octanol–water partition coefficient (Wildman–Crippen LogP) is 1.35. The number of rotatable bonds is 2. The highest BCUT2D eigenvalue weighted by Gasteiger charge is 2.23. The van der Waals surface area contributed by atoms with Gasteiger partial charge in [-0.25, -0.2) is 5.43 Å². The number of aromatic nitrogens is 1. The van der Waals surface area contributed by atoms with Gasteiger partial charge in [-0.05, 0) is 25.0 Å². The molecule has 1 atom stereocenters. The number of nitrogens with zero attached hydrogens (tertiary/aromatic N) is 2. The van der Waals surface area contributed by atoms with Gasteiger partial charge in [0.15, 0.2) is 0 Å². The zero-order valence-electron chi connectivity index (χ0n) is 10.6. The van der Waals surface area contributed by atoms with Gasteiger partial charge in [-0.3, -0.25) is 4.79 Å². The molecule has 1 amide bonds. The first-order chi connectivity index (χ1) is 9.25. The predicted molar refractivity (Wildman–Crippen MR) is 73.5 cm³/mol. The molecule has 2 aromatic rings. The molecule has 0 spiro atoms. The van der Waals surface area contributed by atoms with Crippen molar-refractivity contribution >= 4 is 27.5 Å². The number of carbonyl (C=O) groups is 1. The number of para-hydroxylation sites is 1. The zero-order valence-corrected chi connectivity index (χ0v) is 11.4. The first-order valence-electron chi connectivity index (χ1n) is 6.25. The number of hydrogen-bond donors (Lipinski definition) is 1. The second-order valence-electron chi connectivity index (χ2n) is 4.50. The Bertz CT molecular complexity index is 668. The van der Waals surface area contributed by atoms with Crippen LogP contribution >= 0.6 is 11.3 Å². The van der Waals surface area contributed by atoms with Gasteiger partial charge in [0.25, 0.3) is 5.91 Å². The minimum absolute atomic E-state index is 0.157. The molecule has 1 N–H and O–H groups in total. The van der Waals surface area contributed by atoms with E-state index in [0.29, 0.717) is 6.61 Å². The van der Waals surface area contributed by atoms with Crippen LogP contribution < -0.4 is 10.2 Å². The zero-order chi connectivity index (χ0) is 13.2. The van der Waals surface area contributed by atoms with Gasteiger partial charge in [-0.2, -0.15) is 0 Å². The number of nitrogens with one attached hydrogen (secondary N) is 1. The Hall–Kier alpha value is -1.66. The Labute approximate surface area is 114 Å². The lowest BCUT2D eigenvalue weighted by molar-refractivity contribution is -0.130. The molecule has 6 heteroatoms. The Balaban J connectivity index is 1.85. The summed E-state index contributed by atoms with van der Waals surface area (Å²) in [5, 5.41) is 4.19. The Kier molecular flexibility index (Phi) is 3.35. The van der Waals surface area contributed by atoms with Gasteiger partial charge >= 0.3 is 0 Å². The molecule has 5 nitrogen and oxygen atoms in total. The van der Waals surface area contributed by atoms with Gasteiger partial charge in [0.2, 0.25) is 4.80 Å². The molecule has 0 bridgehead atoms. The molecular formula is C13H15N3O2S. The maximum absolute atomic E-state index is 11.8. The van der Waals surface area contributed by atoms with E-state index in [1.165, 1.54) is 0 Å². The highest BCUT2D eigenvalue weighted by Crippen LogP contribution is 2.15. The van der Waals surface area contributed by atoms with Crippen LogP contribution in [0.4, 0.5) is 0 Å². The Morgan fingerprint density at radius 3 is 3.11 bits per heavy atom. The van der Waals surface area contributed by atoms with E-state index in [9.17, 15) is 4.79 Å². The van der Waals surface area contributed by atoms with Crippen LogP contribution in [0.3, 0.4) is 0 Å². The van der Waals surface area contributed by atoms with E-state index < -0.39 is 0 Å². The average molecular weight is 277 g/mol. The Morgan fingerprint density at radius 1 is 1.53 bits per heavy atom. The van der Waals surface area contributed by atoms with Crippen molar-refractivity contribution in [3.05, 3.63) is 29.1 Å². The molecule has 1 fully saturated rings. The van der Waals surface area contributed by atoms with Crippen molar-refractivity contribution in [2.75, 3.05) is 6.61 Å². The van der Waals surface area contributed by atoms with Crippen molar-refractivity contribution in [1.29, 1.82) is 0 Å². The van der Waals surface area contributed by atoms with E-state index >= 15 is 0 Å². The van der Waals surface area contributed by atoms with Crippen LogP contribution in [0.2, 0.25) is 0 Å². The maximum Gasteiger partial charge on any atom is 0.269 e. The number of amides is 1. The molecule has 1 aromatic heterocycles. The van der Waals surface area contributed by atoms with E-state index in [2.05, 4.69) is 10.5 Å². The summed E-state index contributed by atoms with van der Waals surface area (Å²) in [6.45, 7) is 0.661. The Morgan fingerprint density at radius 2 is 2.37 bits per heavy atom. The lowest BCUT2D eigenvalue weighted by Gasteiger charge is -2.05. The van der Waals surface area contributed by atoms with Crippen LogP contribution in [0, 0.1) is 0 Å². The summed E-state index contributed by atoms with van der Waals surface area (Å²) >= 11 is 1.55. The number of carbonyl (C=O) groups excluding carboxylic acids is 1. The highest BCUT2D eigenvalue weighted by molar-refractivity contribution is 7.16. The molecule has 1 saturated heterocycles. The van der Waals surface area contributed by atoms with Crippen LogP contribution in [-0.2, 0) is 16.6 Å². The van der Waals surface area contributed by atoms with Gasteiger partial charge in [0, 0.05) is 13.7 Å². The number of hydrogen-bond acceptors (Lipinski definition) is 4. The summed E-state index contributed by atoms with van der Waals surface area (Å²) in [6, 6.07) is 8.06. The summed E-state index contributed by atoms with van der Waals surface area (Å²) in [5.41, 5.74) is 3.70. The largest absolute Gasteiger partial charge is 0.368 e. The van der Waals surface area contributed by atoms with Gasteiger partial charge in [-0.1, -0.05) is 23.5 Å². The van der Waals surface area contributed by atoms with Crippen LogP contribution in [0.15, 0.2) is 29.4 Å². The summed E-state index contributed by atoms with van der Waals surface area (Å²) in [4.78, 5) is 12.6. The number of benzene rings is 1. The minimum atomic E-state index is -0.344. The highest BCUT2D eigenvalue weighted by atomic mass is 32.1. The van der Waals surface area contributed by atoms with Crippen molar-refractivity contribution in [3.8, 4) is 0 Å². The summed E-state index contributed by atoms with van der Waals surface area (Å²) in [6.07, 6.45) is 1.37. The van der Waals surface area contributed by atoms with Crippen molar-refractivity contribution in [2.24, 2.45) is 12.1 Å². The molecule has 0 radical (unpaired) electrons. The van der Waals surface area contributed by atoms with Gasteiger partial charge < -0.3 is 9.30 Å². The topological polar surface area (TPSA) is 55.6 Å². The lowest BCUT2D eigenvalue weighted by atomic mass is 10.2. The van der Waals surface area contributed by atoms with E-state index in [1.807, 2.05) is 35.9 Å². The lowest BCUT2D eigenvalue weighted by Crippen LogP contribution is -2.32. The molecule has 1 unspecified atom stereocenters. The second-order valence-corrected chi connectivity index (χ2v) is 5.51. The molecule has 0 saturated carbocycles. The van der Waals surface area contributed by atoms with Crippen LogP contribution in [-0.4, -0.2) is 23.2 Å². The van der Waals surface area contributed by atoms with E-state index in [0.717, 1.165) is 27.9 Å². The fourth-order valence-electron chi connectivity index (χ4n) is 2.15. The summed E-state index contributed by atoms with van der Waals surface area (Å²) in [7, 11) is 1.94. The standard InChI is InChI=1S/C13H15N3O2S/c1-16-9-5-2-3-7-11(9)19-13(16)15-14-12(17)10-6-4-8-18-10/h2-3,5,7,10H,4,6,8H2,1H3,(H,14,17)/b15-13-. The van der Waals surface area contributed by atoms with Gasteiger partial charge in [0.1, 0.15) is 6.10 Å². The molecule has 2 heterocycles. The third-order valence-corrected chi connectivity index (χ3v) is 4.31. The summed E-state index contributed by atoms with van der Waals surface area (Å²) in [5.74, 6) is -0.157. The molecule has 100 valence electrons. The normalized spacial score (nSPS) is 20.1. The van der Waals surface area contributed by atoms with E-state index in [1.54, 1.807) is 11.3 Å². The van der Waals surface area contributed by atoms with Crippen LogP contribution in [0.1, 0.15) is 12.8 Å². The average Bonchev–Trinajstić information content (AvgIpc) is 3.05. The molecule has 19 heavy (non-hydrogen) atoms. The number of ether oxygens (including phenoxy) is 1. The van der Waals surface area contributed by atoms with Gasteiger partial charge in [0.05, 0.1) is 10.2 Å². The number of thiazole rings is 1. The number of aryl methyl sites for hydroxylation is 1. The van der Waals surface area contributed by atoms with E-state index in [4.69, 9.17) is 4.74 Å². The quantitative estimate of drug-likeness (QED) is 0.842. The first-order valence-corrected chi connectivity index (χ1v) is 7.07. The third kappa shape index (κ3) is 2.41. The second kappa shape index (κ2) is 5.14. The minimum Gasteiger partial charge on any atom is -0.368 e. The van der Waals surface area contributed by atoms with Crippen LogP contribution in [0.5, 0.6) is 0 Å².